The zero-order chi connectivity index (χ0) is 30.0. The molecule has 0 saturated heterocycles. The van der Waals surface area contributed by atoms with Crippen LogP contribution in [0, 0.1) is 17.8 Å². The van der Waals surface area contributed by atoms with Crippen molar-refractivity contribution in [2.24, 2.45) is 29.2 Å². The van der Waals surface area contributed by atoms with Gasteiger partial charge in [0.05, 0.1) is 0 Å². The molecule has 0 spiro atoms. The van der Waals surface area contributed by atoms with E-state index in [-0.39, 0.29) is 6.54 Å². The molecule has 0 aliphatic rings. The first-order valence-electron chi connectivity index (χ1n) is 14.0. The van der Waals surface area contributed by atoms with Crippen molar-refractivity contribution in [2.45, 2.75) is 57.5 Å². The Bertz CT molecular complexity index is 1260. The average Bonchev–Trinajstić information content (AvgIpc) is 2.95. The van der Waals surface area contributed by atoms with E-state index in [1.54, 1.807) is 19.9 Å². The Morgan fingerprint density at radius 1 is 0.854 bits per heavy atom. The average molecular weight is 584 g/mol. The van der Waals surface area contributed by atoms with Crippen molar-refractivity contribution in [3.05, 3.63) is 107 Å². The first kappa shape index (κ1) is 32.4. The summed E-state index contributed by atoms with van der Waals surface area (Å²) in [4.78, 5) is 25.9. The molecular formula is C33H40ClF2N3O2. The van der Waals surface area contributed by atoms with Crippen LogP contribution in [0.3, 0.4) is 0 Å². The third-order valence-electron chi connectivity index (χ3n) is 7.59. The number of halogens is 3. The molecule has 5 N–H and O–H groups in total. The van der Waals surface area contributed by atoms with Gasteiger partial charge in [0.2, 0.25) is 5.78 Å². The summed E-state index contributed by atoms with van der Waals surface area (Å²) >= 11 is 6.13. The van der Waals surface area contributed by atoms with Crippen LogP contribution in [0.2, 0.25) is 5.02 Å². The predicted octanol–water partition coefficient (Wildman–Crippen LogP) is 5.62. The van der Waals surface area contributed by atoms with E-state index in [2.05, 4.69) is 5.32 Å². The van der Waals surface area contributed by atoms with Gasteiger partial charge in [-0.3, -0.25) is 9.59 Å². The van der Waals surface area contributed by atoms with E-state index in [0.29, 0.717) is 30.7 Å². The lowest BCUT2D eigenvalue weighted by Gasteiger charge is -2.37. The van der Waals surface area contributed by atoms with Gasteiger partial charge in [0, 0.05) is 29.6 Å². The molecule has 8 heteroatoms. The number of aryl methyl sites for hydroxylation is 1. The van der Waals surface area contributed by atoms with Gasteiger partial charge in [0.25, 0.3) is 5.91 Å². The predicted molar refractivity (Wildman–Crippen MR) is 161 cm³/mol. The fraction of sp³-hybridized carbons (Fsp3) is 0.394. The number of rotatable bonds is 15. The Balaban J connectivity index is 1.78. The number of carbonyl (C=O) groups is 2. The molecule has 0 saturated carbocycles. The van der Waals surface area contributed by atoms with Gasteiger partial charge in [-0.15, -0.1) is 0 Å². The number of nitrogens with two attached hydrogens (primary N) is 2. The van der Waals surface area contributed by atoms with E-state index in [9.17, 15) is 9.59 Å². The van der Waals surface area contributed by atoms with E-state index in [0.717, 1.165) is 16.7 Å². The number of carbonyl (C=O) groups excluding carboxylic acids is 2. The van der Waals surface area contributed by atoms with Crippen LogP contribution in [0.1, 0.15) is 37.0 Å². The van der Waals surface area contributed by atoms with E-state index < -0.39 is 47.5 Å². The monoisotopic (exact) mass is 583 g/mol. The molecule has 3 rings (SSSR count). The molecule has 220 valence electrons. The number of nitrogens with one attached hydrogen (secondary N) is 1. The number of Topliss-reactive ketones (excluding diaryl/α,β-unsaturated/α-hetero) is 1. The summed E-state index contributed by atoms with van der Waals surface area (Å²) in [6.45, 7) is 3.32. The Hall–Kier alpha value is -3.13. The smallest absolute Gasteiger partial charge is 0.350 e. The van der Waals surface area contributed by atoms with Crippen LogP contribution in [-0.4, -0.2) is 36.2 Å². The maximum atomic E-state index is 15.3. The molecule has 41 heavy (non-hydrogen) atoms. The lowest BCUT2D eigenvalue weighted by molar-refractivity contribution is -0.162. The van der Waals surface area contributed by atoms with Crippen molar-refractivity contribution >= 4 is 23.3 Å². The second kappa shape index (κ2) is 15.2. The molecule has 1 amide bonds. The Morgan fingerprint density at radius 2 is 1.44 bits per heavy atom. The summed E-state index contributed by atoms with van der Waals surface area (Å²) in [6.07, 6.45) is 1.90. The Kier molecular flexibility index (Phi) is 12.0. The number of hydrogen-bond donors (Lipinski definition) is 3. The number of benzene rings is 3. The minimum Gasteiger partial charge on any atom is -0.350 e. The highest BCUT2D eigenvalue weighted by Gasteiger charge is 2.53. The molecule has 0 aromatic heterocycles. The first-order chi connectivity index (χ1) is 19.5. The van der Waals surface area contributed by atoms with Crippen LogP contribution in [0.25, 0.3) is 0 Å². The summed E-state index contributed by atoms with van der Waals surface area (Å²) in [5, 5.41) is 2.85. The number of amides is 1. The van der Waals surface area contributed by atoms with Crippen molar-refractivity contribution in [2.75, 3.05) is 6.54 Å². The molecule has 0 aliphatic carbocycles. The highest BCUT2D eigenvalue weighted by atomic mass is 35.5. The molecule has 0 heterocycles. The molecule has 4 atom stereocenters. The molecule has 3 aromatic carbocycles. The number of alkyl halides is 2. The Morgan fingerprint density at radius 3 is 2.02 bits per heavy atom. The van der Waals surface area contributed by atoms with Crippen LogP contribution in [-0.2, 0) is 28.9 Å². The van der Waals surface area contributed by atoms with Crippen LogP contribution in [0.15, 0.2) is 84.9 Å². The standard InChI is InChI=1S/C33H40ClF2N3O2/c1-22(2)29(31(40)33(35,36)32(41)39-19-18-23-10-5-3-6-11-23)30(38)27(21-24-12-7-4-8-13-24)28(37)17-16-25-14-9-15-26(34)20-25/h3-15,20,22,27-30H,16-19,21,37-38H2,1-2H3,(H,39,41)/t27-,28?,29-,30?/m0/s1. The third-order valence-corrected chi connectivity index (χ3v) is 7.82. The van der Waals surface area contributed by atoms with Gasteiger partial charge >= 0.3 is 5.92 Å². The Labute approximate surface area is 246 Å². The molecule has 0 fully saturated rings. The molecule has 0 bridgehead atoms. The third kappa shape index (κ3) is 9.18. The van der Waals surface area contributed by atoms with E-state index in [1.807, 2.05) is 78.9 Å². The molecule has 2 unspecified atom stereocenters. The SMILES string of the molecule is CC(C)[C@H](C(=O)C(F)(F)C(=O)NCCc1ccccc1)C(N)[C@@H](Cc1ccccc1)C(N)CCc1cccc(Cl)c1. The summed E-state index contributed by atoms with van der Waals surface area (Å²) in [7, 11) is 0. The van der Waals surface area contributed by atoms with Gasteiger partial charge in [-0.25, -0.2) is 0 Å². The maximum Gasteiger partial charge on any atom is 0.381 e. The molecule has 5 nitrogen and oxygen atoms in total. The van der Waals surface area contributed by atoms with Gasteiger partial charge in [-0.05, 0) is 66.3 Å². The topological polar surface area (TPSA) is 98.2 Å². The number of hydrogen-bond acceptors (Lipinski definition) is 4. The van der Waals surface area contributed by atoms with Gasteiger partial charge < -0.3 is 16.8 Å². The first-order valence-corrected chi connectivity index (χ1v) is 14.4. The van der Waals surface area contributed by atoms with E-state index in [4.69, 9.17) is 23.1 Å². The summed E-state index contributed by atoms with van der Waals surface area (Å²) in [5.41, 5.74) is 16.2. The largest absolute Gasteiger partial charge is 0.381 e. The van der Waals surface area contributed by atoms with E-state index in [1.165, 1.54) is 0 Å². The van der Waals surface area contributed by atoms with Crippen LogP contribution in [0.4, 0.5) is 8.78 Å². The minimum absolute atomic E-state index is 0.0187. The minimum atomic E-state index is -4.23. The molecule has 0 aliphatic heterocycles. The zero-order valence-corrected chi connectivity index (χ0v) is 24.4. The quantitative estimate of drug-likeness (QED) is 0.202. The molecule has 0 radical (unpaired) electrons. The maximum absolute atomic E-state index is 15.3. The van der Waals surface area contributed by atoms with Gasteiger partial charge in [-0.1, -0.05) is 98.2 Å². The van der Waals surface area contributed by atoms with Crippen LogP contribution < -0.4 is 16.8 Å². The lowest BCUT2D eigenvalue weighted by Crippen LogP contribution is -2.57. The van der Waals surface area contributed by atoms with Crippen LogP contribution >= 0.6 is 11.6 Å². The van der Waals surface area contributed by atoms with Crippen molar-refractivity contribution in [3.8, 4) is 0 Å². The summed E-state index contributed by atoms with van der Waals surface area (Å²) < 4.78 is 30.7. The fourth-order valence-corrected chi connectivity index (χ4v) is 5.50. The second-order valence-corrected chi connectivity index (χ2v) is 11.4. The van der Waals surface area contributed by atoms with Crippen molar-refractivity contribution in [1.29, 1.82) is 0 Å². The summed E-state index contributed by atoms with van der Waals surface area (Å²) in [5.74, 6) is -9.64. The fourth-order valence-electron chi connectivity index (χ4n) is 5.28. The van der Waals surface area contributed by atoms with Crippen molar-refractivity contribution in [3.63, 3.8) is 0 Å². The highest BCUT2D eigenvalue weighted by molar-refractivity contribution is 6.30. The van der Waals surface area contributed by atoms with Gasteiger partial charge in [0.15, 0.2) is 0 Å². The van der Waals surface area contributed by atoms with Crippen molar-refractivity contribution < 1.29 is 18.4 Å². The summed E-state index contributed by atoms with van der Waals surface area (Å²) in [6, 6.07) is 24.6. The van der Waals surface area contributed by atoms with Gasteiger partial charge in [0.1, 0.15) is 0 Å². The van der Waals surface area contributed by atoms with E-state index >= 15 is 8.78 Å². The van der Waals surface area contributed by atoms with Gasteiger partial charge in [-0.2, -0.15) is 8.78 Å². The number of ketones is 1. The zero-order valence-electron chi connectivity index (χ0n) is 23.6. The lowest BCUT2D eigenvalue weighted by atomic mass is 9.72. The highest BCUT2D eigenvalue weighted by Crippen LogP contribution is 2.32. The van der Waals surface area contributed by atoms with Crippen LogP contribution in [0.5, 0.6) is 0 Å². The second-order valence-electron chi connectivity index (χ2n) is 11.0. The van der Waals surface area contributed by atoms with Crippen molar-refractivity contribution in [1.82, 2.24) is 5.32 Å². The normalized spacial score (nSPS) is 14.7. The molecular weight excluding hydrogens is 544 g/mol. The molecule has 3 aromatic rings.